The molecule has 1 spiro atoms. The standard InChI is InChI=1S/C17H28N2O2/c1-16(2)9-7-4-8-13(16)19-12-14(20)18-17(15(19)21)10-5-3-6-11-17/h13H,3-12H2,1-2H3,(H,18,20). The number of nitrogens with one attached hydrogen (secondary N) is 1. The number of rotatable bonds is 1. The highest BCUT2D eigenvalue weighted by molar-refractivity contribution is 5.98. The minimum atomic E-state index is -0.582. The summed E-state index contributed by atoms with van der Waals surface area (Å²) in [5.41, 5.74) is -0.456. The van der Waals surface area contributed by atoms with Gasteiger partial charge in [-0.2, -0.15) is 0 Å². The molecule has 2 aliphatic carbocycles. The summed E-state index contributed by atoms with van der Waals surface area (Å²) in [5, 5.41) is 3.05. The number of carbonyl (C=O) groups excluding carboxylic acids is 2. The van der Waals surface area contributed by atoms with Crippen molar-refractivity contribution < 1.29 is 9.59 Å². The van der Waals surface area contributed by atoms with Crippen LogP contribution < -0.4 is 5.32 Å². The number of carbonyl (C=O) groups is 2. The van der Waals surface area contributed by atoms with Gasteiger partial charge in [0.25, 0.3) is 0 Å². The molecular formula is C17H28N2O2. The lowest BCUT2D eigenvalue weighted by Crippen LogP contribution is -2.70. The summed E-state index contributed by atoms with van der Waals surface area (Å²) >= 11 is 0. The number of nitrogens with zero attached hydrogens (tertiary/aromatic N) is 1. The van der Waals surface area contributed by atoms with Gasteiger partial charge < -0.3 is 10.2 Å². The first kappa shape index (κ1) is 14.9. The van der Waals surface area contributed by atoms with Gasteiger partial charge in [-0.1, -0.05) is 46.0 Å². The summed E-state index contributed by atoms with van der Waals surface area (Å²) in [7, 11) is 0. The van der Waals surface area contributed by atoms with Gasteiger partial charge in [0, 0.05) is 6.04 Å². The topological polar surface area (TPSA) is 49.4 Å². The van der Waals surface area contributed by atoms with E-state index < -0.39 is 5.54 Å². The molecule has 1 atom stereocenters. The summed E-state index contributed by atoms with van der Waals surface area (Å²) in [4.78, 5) is 27.3. The predicted molar refractivity (Wildman–Crippen MR) is 81.7 cm³/mol. The molecule has 3 fully saturated rings. The number of amides is 2. The minimum Gasteiger partial charge on any atom is -0.340 e. The second-order valence-corrected chi connectivity index (χ2v) is 7.87. The van der Waals surface area contributed by atoms with E-state index in [1.165, 1.54) is 19.3 Å². The fraction of sp³-hybridized carbons (Fsp3) is 0.882. The Morgan fingerprint density at radius 2 is 1.67 bits per heavy atom. The highest BCUT2D eigenvalue weighted by Crippen LogP contribution is 2.41. The van der Waals surface area contributed by atoms with Crippen molar-refractivity contribution in [3.63, 3.8) is 0 Å². The smallest absolute Gasteiger partial charge is 0.249 e. The number of piperazine rings is 1. The fourth-order valence-corrected chi connectivity index (χ4v) is 4.66. The summed E-state index contributed by atoms with van der Waals surface area (Å²) in [6.45, 7) is 4.77. The minimum absolute atomic E-state index is 0.0397. The maximum Gasteiger partial charge on any atom is 0.249 e. The molecule has 1 unspecified atom stereocenters. The molecule has 2 saturated carbocycles. The lowest BCUT2D eigenvalue weighted by atomic mass is 9.71. The summed E-state index contributed by atoms with van der Waals surface area (Å²) in [6.07, 6.45) is 9.53. The Balaban J connectivity index is 1.87. The highest BCUT2D eigenvalue weighted by atomic mass is 16.2. The summed E-state index contributed by atoms with van der Waals surface area (Å²) < 4.78 is 0. The van der Waals surface area contributed by atoms with Gasteiger partial charge in [0.2, 0.25) is 11.8 Å². The first-order chi connectivity index (χ1) is 9.95. The van der Waals surface area contributed by atoms with Crippen molar-refractivity contribution in [2.45, 2.75) is 83.2 Å². The van der Waals surface area contributed by atoms with E-state index in [1.807, 2.05) is 4.90 Å². The van der Waals surface area contributed by atoms with Gasteiger partial charge in [0.15, 0.2) is 0 Å². The van der Waals surface area contributed by atoms with Crippen LogP contribution in [0.5, 0.6) is 0 Å². The van der Waals surface area contributed by atoms with Gasteiger partial charge in [-0.15, -0.1) is 0 Å². The zero-order chi connectivity index (χ0) is 15.1. The Kier molecular flexibility index (Phi) is 3.74. The molecule has 4 nitrogen and oxygen atoms in total. The molecule has 118 valence electrons. The van der Waals surface area contributed by atoms with Crippen molar-refractivity contribution in [3.8, 4) is 0 Å². The van der Waals surface area contributed by atoms with Crippen LogP contribution >= 0.6 is 0 Å². The molecule has 1 aliphatic heterocycles. The first-order valence-corrected chi connectivity index (χ1v) is 8.57. The van der Waals surface area contributed by atoms with Gasteiger partial charge in [0.1, 0.15) is 5.54 Å². The van der Waals surface area contributed by atoms with Crippen LogP contribution in [0.1, 0.15) is 71.6 Å². The molecule has 21 heavy (non-hydrogen) atoms. The Morgan fingerprint density at radius 1 is 1.00 bits per heavy atom. The number of hydrogen-bond donors (Lipinski definition) is 1. The van der Waals surface area contributed by atoms with Crippen molar-refractivity contribution in [3.05, 3.63) is 0 Å². The molecule has 0 aromatic carbocycles. The van der Waals surface area contributed by atoms with Crippen molar-refractivity contribution >= 4 is 11.8 Å². The second kappa shape index (κ2) is 5.29. The van der Waals surface area contributed by atoms with Gasteiger partial charge in [-0.3, -0.25) is 9.59 Å². The average molecular weight is 292 g/mol. The third-order valence-electron chi connectivity index (χ3n) is 5.90. The van der Waals surface area contributed by atoms with Crippen LogP contribution in [-0.4, -0.2) is 34.8 Å². The highest BCUT2D eigenvalue weighted by Gasteiger charge is 2.51. The van der Waals surface area contributed by atoms with Crippen LogP contribution in [0.15, 0.2) is 0 Å². The zero-order valence-electron chi connectivity index (χ0n) is 13.4. The molecule has 0 bridgehead atoms. The zero-order valence-corrected chi connectivity index (χ0v) is 13.4. The molecule has 1 N–H and O–H groups in total. The van der Waals surface area contributed by atoms with Gasteiger partial charge in [-0.25, -0.2) is 0 Å². The molecule has 3 rings (SSSR count). The Hall–Kier alpha value is -1.06. The predicted octanol–water partition coefficient (Wildman–Crippen LogP) is 2.62. The van der Waals surface area contributed by atoms with Crippen molar-refractivity contribution in [2.75, 3.05) is 6.54 Å². The normalized spacial score (nSPS) is 32.1. The largest absolute Gasteiger partial charge is 0.340 e. The Bertz CT molecular complexity index is 438. The van der Waals surface area contributed by atoms with E-state index in [-0.39, 0.29) is 29.8 Å². The molecule has 1 saturated heterocycles. The monoisotopic (exact) mass is 292 g/mol. The van der Waals surface area contributed by atoms with Crippen molar-refractivity contribution in [1.82, 2.24) is 10.2 Å². The second-order valence-electron chi connectivity index (χ2n) is 7.87. The average Bonchev–Trinajstić information content (AvgIpc) is 2.44. The maximum atomic E-state index is 13.1. The van der Waals surface area contributed by atoms with Crippen LogP contribution in [0.25, 0.3) is 0 Å². The molecule has 2 amide bonds. The first-order valence-electron chi connectivity index (χ1n) is 8.57. The van der Waals surface area contributed by atoms with Crippen LogP contribution in [-0.2, 0) is 9.59 Å². The van der Waals surface area contributed by atoms with E-state index in [0.29, 0.717) is 0 Å². The maximum absolute atomic E-state index is 13.1. The number of hydrogen-bond acceptors (Lipinski definition) is 2. The Labute approximate surface area is 127 Å². The molecule has 0 aromatic rings. The van der Waals surface area contributed by atoms with E-state index in [9.17, 15) is 9.59 Å². The molecule has 0 aromatic heterocycles. The molecule has 3 aliphatic rings. The van der Waals surface area contributed by atoms with Crippen LogP contribution in [0.3, 0.4) is 0 Å². The van der Waals surface area contributed by atoms with Crippen LogP contribution in [0.2, 0.25) is 0 Å². The van der Waals surface area contributed by atoms with Crippen molar-refractivity contribution in [2.24, 2.45) is 5.41 Å². The lowest BCUT2D eigenvalue weighted by molar-refractivity contribution is -0.157. The van der Waals surface area contributed by atoms with E-state index in [1.54, 1.807) is 0 Å². The van der Waals surface area contributed by atoms with E-state index in [2.05, 4.69) is 19.2 Å². The molecular weight excluding hydrogens is 264 g/mol. The quantitative estimate of drug-likeness (QED) is 0.807. The molecule has 1 heterocycles. The van der Waals surface area contributed by atoms with E-state index in [4.69, 9.17) is 0 Å². The Morgan fingerprint density at radius 3 is 2.33 bits per heavy atom. The van der Waals surface area contributed by atoms with Crippen molar-refractivity contribution in [1.29, 1.82) is 0 Å². The molecule has 4 heteroatoms. The van der Waals surface area contributed by atoms with Crippen LogP contribution in [0, 0.1) is 5.41 Å². The van der Waals surface area contributed by atoms with Gasteiger partial charge >= 0.3 is 0 Å². The van der Waals surface area contributed by atoms with Gasteiger partial charge in [0.05, 0.1) is 6.54 Å². The summed E-state index contributed by atoms with van der Waals surface area (Å²) in [6, 6.07) is 0.226. The summed E-state index contributed by atoms with van der Waals surface area (Å²) in [5.74, 6) is 0.236. The van der Waals surface area contributed by atoms with E-state index >= 15 is 0 Å². The van der Waals surface area contributed by atoms with E-state index in [0.717, 1.165) is 38.5 Å². The third kappa shape index (κ3) is 2.58. The molecule has 0 radical (unpaired) electrons. The van der Waals surface area contributed by atoms with Crippen LogP contribution in [0.4, 0.5) is 0 Å². The lowest BCUT2D eigenvalue weighted by Gasteiger charge is -2.51. The fourth-order valence-electron chi connectivity index (χ4n) is 4.66. The van der Waals surface area contributed by atoms with Gasteiger partial charge in [-0.05, 0) is 31.1 Å². The SMILES string of the molecule is CC1(C)CCCCC1N1CC(=O)NC2(CCCCC2)C1=O. The third-order valence-corrected chi connectivity index (χ3v) is 5.90.